The largest absolute Gasteiger partial charge is 0.383 e. The maximum atomic E-state index is 5.32. The Balaban J connectivity index is 2.47. The minimum absolute atomic E-state index is 0.725. The van der Waals surface area contributed by atoms with E-state index in [1.807, 2.05) is 7.11 Å². The third-order valence-corrected chi connectivity index (χ3v) is 4.73. The van der Waals surface area contributed by atoms with Gasteiger partial charge in [0.2, 0.25) is 0 Å². The van der Waals surface area contributed by atoms with Gasteiger partial charge in [-0.3, -0.25) is 4.90 Å². The first kappa shape index (κ1) is 17.9. The van der Waals surface area contributed by atoms with Gasteiger partial charge in [0.05, 0.1) is 6.61 Å². The van der Waals surface area contributed by atoms with Gasteiger partial charge >= 0.3 is 0 Å². The molecule has 0 spiro atoms. The molecule has 2 unspecified atom stereocenters. The highest BCUT2D eigenvalue weighted by molar-refractivity contribution is 4.92. The molecule has 1 fully saturated rings. The van der Waals surface area contributed by atoms with Crippen molar-refractivity contribution < 1.29 is 4.74 Å². The Labute approximate surface area is 126 Å². The summed E-state index contributed by atoms with van der Waals surface area (Å²) in [6, 6.07) is 1.50. The summed E-state index contributed by atoms with van der Waals surface area (Å²) in [5.41, 5.74) is 0. The van der Waals surface area contributed by atoms with Crippen molar-refractivity contribution in [3.63, 3.8) is 0 Å². The fourth-order valence-corrected chi connectivity index (χ4v) is 3.36. The first-order valence-corrected chi connectivity index (χ1v) is 8.59. The number of rotatable bonds is 11. The maximum absolute atomic E-state index is 5.32. The van der Waals surface area contributed by atoms with Crippen LogP contribution in [0.15, 0.2) is 0 Å². The number of nitrogens with zero attached hydrogens (tertiary/aromatic N) is 1. The normalized spacial score (nSPS) is 22.8. The fraction of sp³-hybridized carbons (Fsp3) is 1.00. The lowest BCUT2D eigenvalue weighted by Crippen LogP contribution is -2.55. The number of hydrogen-bond acceptors (Lipinski definition) is 3. The van der Waals surface area contributed by atoms with Gasteiger partial charge in [0.15, 0.2) is 0 Å². The smallest absolute Gasteiger partial charge is 0.0589 e. The number of hydrogen-bond donors (Lipinski definition) is 1. The van der Waals surface area contributed by atoms with Gasteiger partial charge < -0.3 is 10.1 Å². The van der Waals surface area contributed by atoms with Gasteiger partial charge in [-0.1, -0.05) is 27.7 Å². The molecule has 3 nitrogen and oxygen atoms in total. The van der Waals surface area contributed by atoms with Crippen LogP contribution in [0.4, 0.5) is 0 Å². The Bertz CT molecular complexity index is 241. The van der Waals surface area contributed by atoms with Crippen molar-refractivity contribution in [3.8, 4) is 0 Å². The number of methoxy groups -OCH3 is 1. The summed E-state index contributed by atoms with van der Waals surface area (Å²) in [6.45, 7) is 13.5. The molecule has 0 aromatic rings. The van der Waals surface area contributed by atoms with E-state index in [1.165, 1.54) is 32.2 Å². The van der Waals surface area contributed by atoms with E-state index in [0.717, 1.165) is 43.6 Å². The van der Waals surface area contributed by atoms with Gasteiger partial charge in [-0.05, 0) is 50.6 Å². The molecule has 0 saturated heterocycles. The van der Waals surface area contributed by atoms with E-state index >= 15 is 0 Å². The van der Waals surface area contributed by atoms with Gasteiger partial charge in [-0.25, -0.2) is 0 Å². The van der Waals surface area contributed by atoms with Crippen molar-refractivity contribution in [2.24, 2.45) is 11.8 Å². The van der Waals surface area contributed by atoms with E-state index in [0.29, 0.717) is 0 Å². The van der Waals surface area contributed by atoms with Gasteiger partial charge in [0.25, 0.3) is 0 Å². The fourth-order valence-electron chi connectivity index (χ4n) is 3.36. The molecule has 1 saturated carbocycles. The minimum Gasteiger partial charge on any atom is -0.383 e. The molecule has 1 aliphatic carbocycles. The van der Waals surface area contributed by atoms with Crippen LogP contribution in [-0.4, -0.2) is 50.3 Å². The topological polar surface area (TPSA) is 24.5 Å². The van der Waals surface area contributed by atoms with Crippen molar-refractivity contribution in [1.82, 2.24) is 10.2 Å². The second kappa shape index (κ2) is 9.75. The number of ether oxygens (including phenoxy) is 1. The van der Waals surface area contributed by atoms with Gasteiger partial charge in [0.1, 0.15) is 0 Å². The molecule has 0 bridgehead atoms. The van der Waals surface area contributed by atoms with Crippen LogP contribution in [0.25, 0.3) is 0 Å². The third kappa shape index (κ3) is 5.34. The molecule has 0 amide bonds. The average Bonchev–Trinajstić information content (AvgIpc) is 2.40. The van der Waals surface area contributed by atoms with Crippen LogP contribution < -0.4 is 5.32 Å². The van der Waals surface area contributed by atoms with Crippen molar-refractivity contribution in [2.75, 3.05) is 33.4 Å². The predicted molar refractivity (Wildman–Crippen MR) is 87.2 cm³/mol. The highest BCUT2D eigenvalue weighted by Gasteiger charge is 2.37. The van der Waals surface area contributed by atoms with E-state index in [4.69, 9.17) is 4.74 Å². The molecule has 0 radical (unpaired) electrons. The molecule has 3 heteroatoms. The van der Waals surface area contributed by atoms with Crippen LogP contribution in [0.3, 0.4) is 0 Å². The molecular weight excluding hydrogens is 248 g/mol. The quantitative estimate of drug-likeness (QED) is 0.631. The third-order valence-electron chi connectivity index (χ3n) is 4.73. The minimum atomic E-state index is 0.725. The highest BCUT2D eigenvalue weighted by Crippen LogP contribution is 2.34. The van der Waals surface area contributed by atoms with E-state index < -0.39 is 0 Å². The first-order chi connectivity index (χ1) is 9.63. The summed E-state index contributed by atoms with van der Waals surface area (Å²) in [6.07, 6.45) is 5.26. The SMILES string of the molecule is CCC(CC)N(CCOC)C1CCC1CNCC(C)C. The molecule has 0 aromatic heterocycles. The molecule has 0 heterocycles. The standard InChI is InChI=1S/C17H36N2O/c1-6-16(7-2)19(10-11-20-5)17-9-8-15(17)13-18-12-14(3)4/h14-18H,6-13H2,1-5H3. The van der Waals surface area contributed by atoms with Crippen molar-refractivity contribution in [1.29, 1.82) is 0 Å². The average molecular weight is 284 g/mol. The van der Waals surface area contributed by atoms with E-state index in [2.05, 4.69) is 37.9 Å². The lowest BCUT2D eigenvalue weighted by atomic mass is 9.77. The van der Waals surface area contributed by atoms with Gasteiger partial charge in [-0.2, -0.15) is 0 Å². The summed E-state index contributed by atoms with van der Waals surface area (Å²) < 4.78 is 5.32. The van der Waals surface area contributed by atoms with Crippen molar-refractivity contribution >= 4 is 0 Å². The zero-order valence-corrected chi connectivity index (χ0v) is 14.3. The number of nitrogens with one attached hydrogen (secondary N) is 1. The Morgan fingerprint density at radius 1 is 1.20 bits per heavy atom. The zero-order chi connectivity index (χ0) is 15.0. The van der Waals surface area contributed by atoms with Crippen LogP contribution in [0.1, 0.15) is 53.4 Å². The molecule has 2 atom stereocenters. The molecule has 1 N–H and O–H groups in total. The van der Waals surface area contributed by atoms with E-state index in [-0.39, 0.29) is 0 Å². The van der Waals surface area contributed by atoms with Crippen LogP contribution >= 0.6 is 0 Å². The second-order valence-corrected chi connectivity index (χ2v) is 6.66. The summed E-state index contributed by atoms with van der Waals surface area (Å²) in [5, 5.41) is 3.64. The summed E-state index contributed by atoms with van der Waals surface area (Å²) in [5.74, 6) is 1.59. The highest BCUT2D eigenvalue weighted by atomic mass is 16.5. The zero-order valence-electron chi connectivity index (χ0n) is 14.3. The van der Waals surface area contributed by atoms with Gasteiger partial charge in [-0.15, -0.1) is 0 Å². The monoisotopic (exact) mass is 284 g/mol. The Hall–Kier alpha value is -0.120. The van der Waals surface area contributed by atoms with E-state index in [9.17, 15) is 0 Å². The van der Waals surface area contributed by atoms with Crippen LogP contribution in [0, 0.1) is 11.8 Å². The Morgan fingerprint density at radius 2 is 1.90 bits per heavy atom. The van der Waals surface area contributed by atoms with Crippen LogP contribution in [0.5, 0.6) is 0 Å². The van der Waals surface area contributed by atoms with Gasteiger partial charge in [0, 0.05) is 25.7 Å². The van der Waals surface area contributed by atoms with E-state index in [1.54, 1.807) is 0 Å². The molecule has 120 valence electrons. The van der Waals surface area contributed by atoms with Crippen LogP contribution in [0.2, 0.25) is 0 Å². The van der Waals surface area contributed by atoms with Crippen LogP contribution in [-0.2, 0) is 4.74 Å². The molecule has 0 aliphatic heterocycles. The second-order valence-electron chi connectivity index (χ2n) is 6.66. The molecule has 1 rings (SSSR count). The lowest BCUT2D eigenvalue weighted by Gasteiger charge is -2.48. The maximum Gasteiger partial charge on any atom is 0.0589 e. The molecular formula is C17H36N2O. The first-order valence-electron chi connectivity index (χ1n) is 8.59. The summed E-state index contributed by atoms with van der Waals surface area (Å²) >= 11 is 0. The summed E-state index contributed by atoms with van der Waals surface area (Å²) in [4.78, 5) is 2.73. The molecule has 1 aliphatic rings. The Morgan fingerprint density at radius 3 is 2.35 bits per heavy atom. The van der Waals surface area contributed by atoms with Crippen molar-refractivity contribution in [3.05, 3.63) is 0 Å². The molecule has 0 aromatic carbocycles. The summed E-state index contributed by atoms with van der Waals surface area (Å²) in [7, 11) is 1.81. The van der Waals surface area contributed by atoms with Crippen molar-refractivity contribution in [2.45, 2.75) is 65.5 Å². The Kier molecular flexibility index (Phi) is 8.74. The molecule has 20 heavy (non-hydrogen) atoms. The predicted octanol–water partition coefficient (Wildman–Crippen LogP) is 3.15. The lowest BCUT2D eigenvalue weighted by molar-refractivity contribution is 0.00643.